The van der Waals surface area contributed by atoms with Crippen molar-refractivity contribution in [1.82, 2.24) is 0 Å². The second kappa shape index (κ2) is 4.65. The van der Waals surface area contributed by atoms with Crippen molar-refractivity contribution in [2.24, 2.45) is 5.73 Å². The van der Waals surface area contributed by atoms with Crippen LogP contribution in [0.1, 0.15) is 11.7 Å². The Morgan fingerprint density at radius 3 is 2.50 bits per heavy atom. The summed E-state index contributed by atoms with van der Waals surface area (Å²) >= 11 is 5.68. The highest BCUT2D eigenvalue weighted by Gasteiger charge is 2.26. The SMILES string of the molecule is NC(=O)C(O)C(O)c1cc(F)c(N)cc1Cl. The molecule has 1 rings (SSSR count). The molecular formula is C9H10ClFN2O3. The van der Waals surface area contributed by atoms with Crippen LogP contribution in [-0.4, -0.2) is 22.2 Å². The number of aliphatic hydroxyl groups is 2. The fourth-order valence-electron chi connectivity index (χ4n) is 1.13. The lowest BCUT2D eigenvalue weighted by atomic mass is 10.0. The molecule has 88 valence electrons. The molecule has 6 N–H and O–H groups in total. The van der Waals surface area contributed by atoms with E-state index in [1.165, 1.54) is 0 Å². The zero-order valence-electron chi connectivity index (χ0n) is 8.02. The van der Waals surface area contributed by atoms with Crippen LogP contribution in [0.25, 0.3) is 0 Å². The molecule has 1 amide bonds. The minimum absolute atomic E-state index is 0.0632. The van der Waals surface area contributed by atoms with Crippen LogP contribution in [0, 0.1) is 5.82 Å². The number of carbonyl (C=O) groups excluding carboxylic acids is 1. The molecule has 0 bridgehead atoms. The van der Waals surface area contributed by atoms with Gasteiger partial charge in [-0.15, -0.1) is 0 Å². The van der Waals surface area contributed by atoms with E-state index in [-0.39, 0.29) is 16.3 Å². The first-order valence-electron chi connectivity index (χ1n) is 4.24. The highest BCUT2D eigenvalue weighted by molar-refractivity contribution is 6.31. The summed E-state index contributed by atoms with van der Waals surface area (Å²) in [7, 11) is 0. The van der Waals surface area contributed by atoms with Crippen LogP contribution in [-0.2, 0) is 4.79 Å². The molecule has 16 heavy (non-hydrogen) atoms. The van der Waals surface area contributed by atoms with Crippen molar-refractivity contribution in [1.29, 1.82) is 0 Å². The van der Waals surface area contributed by atoms with Crippen molar-refractivity contribution in [3.05, 3.63) is 28.5 Å². The third kappa shape index (κ3) is 2.41. The van der Waals surface area contributed by atoms with E-state index in [2.05, 4.69) is 0 Å². The number of carbonyl (C=O) groups is 1. The van der Waals surface area contributed by atoms with E-state index in [1.54, 1.807) is 0 Å². The molecule has 2 atom stereocenters. The van der Waals surface area contributed by atoms with Gasteiger partial charge in [-0.1, -0.05) is 11.6 Å². The Balaban J connectivity index is 3.13. The number of hydrogen-bond acceptors (Lipinski definition) is 4. The topological polar surface area (TPSA) is 110 Å². The van der Waals surface area contributed by atoms with Gasteiger partial charge < -0.3 is 21.7 Å². The predicted octanol–water partition coefficient (Wildman–Crippen LogP) is -0.0591. The third-order valence-electron chi connectivity index (χ3n) is 2.03. The molecule has 0 aliphatic carbocycles. The van der Waals surface area contributed by atoms with Crippen molar-refractivity contribution in [3.63, 3.8) is 0 Å². The average molecular weight is 249 g/mol. The lowest BCUT2D eigenvalue weighted by Gasteiger charge is -2.16. The van der Waals surface area contributed by atoms with E-state index in [4.69, 9.17) is 23.1 Å². The van der Waals surface area contributed by atoms with Gasteiger partial charge in [-0.3, -0.25) is 4.79 Å². The Hall–Kier alpha value is -1.37. The first kappa shape index (κ1) is 12.7. The molecule has 1 aromatic carbocycles. The van der Waals surface area contributed by atoms with Crippen LogP contribution in [0.15, 0.2) is 12.1 Å². The molecule has 7 heteroatoms. The molecule has 0 saturated carbocycles. The molecule has 0 aliphatic rings. The quantitative estimate of drug-likeness (QED) is 0.562. The molecular weight excluding hydrogens is 239 g/mol. The minimum Gasteiger partial charge on any atom is -0.396 e. The average Bonchev–Trinajstić information content (AvgIpc) is 2.21. The zero-order chi connectivity index (χ0) is 12.5. The van der Waals surface area contributed by atoms with E-state index in [1.807, 2.05) is 0 Å². The molecule has 0 heterocycles. The molecule has 0 saturated heterocycles. The maximum Gasteiger partial charge on any atom is 0.249 e. The Labute approximate surface area is 95.4 Å². The number of hydrogen-bond donors (Lipinski definition) is 4. The van der Waals surface area contributed by atoms with Gasteiger partial charge in [0.15, 0.2) is 6.10 Å². The van der Waals surface area contributed by atoms with E-state index < -0.39 is 23.9 Å². The van der Waals surface area contributed by atoms with Crippen molar-refractivity contribution < 1.29 is 19.4 Å². The summed E-state index contributed by atoms with van der Waals surface area (Å²) in [5.41, 5.74) is 9.66. The van der Waals surface area contributed by atoms with Crippen LogP contribution >= 0.6 is 11.6 Å². The van der Waals surface area contributed by atoms with Gasteiger partial charge in [0.2, 0.25) is 5.91 Å². The highest BCUT2D eigenvalue weighted by atomic mass is 35.5. The summed E-state index contributed by atoms with van der Waals surface area (Å²) in [6.45, 7) is 0. The van der Waals surface area contributed by atoms with Gasteiger partial charge in [0.25, 0.3) is 0 Å². The summed E-state index contributed by atoms with van der Waals surface area (Å²) in [6.07, 6.45) is -3.55. The number of benzene rings is 1. The van der Waals surface area contributed by atoms with Gasteiger partial charge in [0.1, 0.15) is 11.9 Å². The Morgan fingerprint density at radius 1 is 1.44 bits per heavy atom. The number of rotatable bonds is 3. The van der Waals surface area contributed by atoms with Gasteiger partial charge in [-0.25, -0.2) is 4.39 Å². The normalized spacial score (nSPS) is 14.5. The lowest BCUT2D eigenvalue weighted by Crippen LogP contribution is -2.34. The molecule has 0 aromatic heterocycles. The summed E-state index contributed by atoms with van der Waals surface area (Å²) in [5.74, 6) is -1.95. The van der Waals surface area contributed by atoms with Gasteiger partial charge in [-0.05, 0) is 12.1 Å². The second-order valence-electron chi connectivity index (χ2n) is 3.19. The number of amides is 1. The van der Waals surface area contributed by atoms with Gasteiger partial charge in [-0.2, -0.15) is 0 Å². The molecule has 2 unspecified atom stereocenters. The number of anilines is 1. The van der Waals surface area contributed by atoms with Gasteiger partial charge in [0.05, 0.1) is 5.69 Å². The summed E-state index contributed by atoms with van der Waals surface area (Å²) in [6, 6.07) is 1.91. The minimum atomic E-state index is -1.86. The smallest absolute Gasteiger partial charge is 0.249 e. The number of aliphatic hydroxyl groups excluding tert-OH is 2. The van der Waals surface area contributed by atoms with E-state index >= 15 is 0 Å². The lowest BCUT2D eigenvalue weighted by molar-refractivity contribution is -0.131. The van der Waals surface area contributed by atoms with Gasteiger partial charge in [0, 0.05) is 10.6 Å². The zero-order valence-corrected chi connectivity index (χ0v) is 8.78. The standard InChI is InChI=1S/C9H10ClFN2O3/c10-4-2-6(12)5(11)1-3(4)7(14)8(15)9(13)16/h1-2,7-8,14-15H,12H2,(H2,13,16). The molecule has 0 aliphatic heterocycles. The van der Waals surface area contributed by atoms with Crippen LogP contribution in [0.2, 0.25) is 5.02 Å². The van der Waals surface area contributed by atoms with Crippen LogP contribution < -0.4 is 11.5 Å². The van der Waals surface area contributed by atoms with E-state index in [0.717, 1.165) is 12.1 Å². The summed E-state index contributed by atoms with van der Waals surface area (Å²) in [4.78, 5) is 10.6. The fourth-order valence-corrected chi connectivity index (χ4v) is 1.41. The molecule has 0 radical (unpaired) electrons. The van der Waals surface area contributed by atoms with Crippen molar-refractivity contribution in [2.75, 3.05) is 5.73 Å². The van der Waals surface area contributed by atoms with Crippen LogP contribution in [0.4, 0.5) is 10.1 Å². The van der Waals surface area contributed by atoms with Crippen molar-refractivity contribution in [2.45, 2.75) is 12.2 Å². The monoisotopic (exact) mass is 248 g/mol. The summed E-state index contributed by atoms with van der Waals surface area (Å²) < 4.78 is 13.1. The Bertz CT molecular complexity index is 427. The van der Waals surface area contributed by atoms with Crippen molar-refractivity contribution >= 4 is 23.2 Å². The first-order valence-corrected chi connectivity index (χ1v) is 4.62. The molecule has 0 spiro atoms. The van der Waals surface area contributed by atoms with Gasteiger partial charge >= 0.3 is 0 Å². The number of primary amides is 1. The number of nitrogen functional groups attached to an aromatic ring is 1. The van der Waals surface area contributed by atoms with E-state index in [9.17, 15) is 19.4 Å². The Kier molecular flexibility index (Phi) is 3.69. The van der Waals surface area contributed by atoms with E-state index in [0.29, 0.717) is 0 Å². The number of halogens is 2. The molecule has 0 fully saturated rings. The molecule has 1 aromatic rings. The third-order valence-corrected chi connectivity index (χ3v) is 2.35. The maximum atomic E-state index is 13.1. The molecule has 5 nitrogen and oxygen atoms in total. The largest absolute Gasteiger partial charge is 0.396 e. The maximum absolute atomic E-state index is 13.1. The Morgan fingerprint density at radius 2 is 2.00 bits per heavy atom. The highest BCUT2D eigenvalue weighted by Crippen LogP contribution is 2.29. The predicted molar refractivity (Wildman–Crippen MR) is 56.0 cm³/mol. The fraction of sp³-hybridized carbons (Fsp3) is 0.222. The first-order chi connectivity index (χ1) is 7.34. The van der Waals surface area contributed by atoms with Crippen LogP contribution in [0.3, 0.4) is 0 Å². The number of nitrogens with two attached hydrogens (primary N) is 2. The van der Waals surface area contributed by atoms with Crippen molar-refractivity contribution in [3.8, 4) is 0 Å². The second-order valence-corrected chi connectivity index (χ2v) is 3.59. The summed E-state index contributed by atoms with van der Waals surface area (Å²) in [5, 5.41) is 18.6. The van der Waals surface area contributed by atoms with Crippen LogP contribution in [0.5, 0.6) is 0 Å².